The van der Waals surface area contributed by atoms with E-state index in [9.17, 15) is 13.2 Å². The summed E-state index contributed by atoms with van der Waals surface area (Å²) in [6.45, 7) is 0. The zero-order chi connectivity index (χ0) is 21.0. The minimum absolute atomic E-state index is 0.122. The van der Waals surface area contributed by atoms with Crippen molar-refractivity contribution in [1.29, 1.82) is 0 Å². The normalized spacial score (nSPS) is 11.0. The van der Waals surface area contributed by atoms with Gasteiger partial charge in [0.25, 0.3) is 15.9 Å². The predicted molar refractivity (Wildman–Crippen MR) is 114 cm³/mol. The summed E-state index contributed by atoms with van der Waals surface area (Å²) in [6.07, 6.45) is 0. The molecular weight excluding hydrogens is 412 g/mol. The summed E-state index contributed by atoms with van der Waals surface area (Å²) in [5, 5.41) is 3.32. The predicted octanol–water partition coefficient (Wildman–Crippen LogP) is 4.43. The third-order valence-electron chi connectivity index (χ3n) is 4.29. The summed E-state index contributed by atoms with van der Waals surface area (Å²) in [7, 11) is -0.841. The maximum atomic E-state index is 12.9. The standard InChI is InChI=1S/C21H19ClN2O4S/c1-24(29(26,27)20-12-10-19(28-2)11-13-20)18-5-3-4-15(14-18)21(25)23-17-8-6-16(22)7-9-17/h3-14H,1-2H3,(H,23,25). The van der Waals surface area contributed by atoms with Crippen LogP contribution in [0.1, 0.15) is 10.4 Å². The number of anilines is 2. The zero-order valence-electron chi connectivity index (χ0n) is 15.8. The quantitative estimate of drug-likeness (QED) is 0.627. The molecule has 0 atom stereocenters. The Morgan fingerprint density at radius 3 is 2.28 bits per heavy atom. The molecule has 0 fully saturated rings. The summed E-state index contributed by atoms with van der Waals surface area (Å²) in [6, 6.07) is 19.2. The number of methoxy groups -OCH3 is 1. The van der Waals surface area contributed by atoms with Gasteiger partial charge in [0, 0.05) is 23.3 Å². The molecule has 1 amide bonds. The van der Waals surface area contributed by atoms with Gasteiger partial charge >= 0.3 is 0 Å². The summed E-state index contributed by atoms with van der Waals surface area (Å²) < 4.78 is 32.0. The van der Waals surface area contributed by atoms with E-state index in [-0.39, 0.29) is 10.8 Å². The van der Waals surface area contributed by atoms with E-state index in [4.69, 9.17) is 16.3 Å². The molecule has 150 valence electrons. The number of benzene rings is 3. The Hall–Kier alpha value is -3.03. The van der Waals surface area contributed by atoms with E-state index in [1.54, 1.807) is 54.6 Å². The van der Waals surface area contributed by atoms with Gasteiger partial charge in [-0.3, -0.25) is 9.10 Å². The fraction of sp³-hybridized carbons (Fsp3) is 0.0952. The largest absolute Gasteiger partial charge is 0.497 e. The molecule has 29 heavy (non-hydrogen) atoms. The van der Waals surface area contributed by atoms with Crippen LogP contribution >= 0.6 is 11.6 Å². The highest BCUT2D eigenvalue weighted by molar-refractivity contribution is 7.92. The zero-order valence-corrected chi connectivity index (χ0v) is 17.4. The number of carbonyl (C=O) groups excluding carboxylic acids is 1. The number of rotatable bonds is 6. The second-order valence-electron chi connectivity index (χ2n) is 6.16. The van der Waals surface area contributed by atoms with Crippen molar-refractivity contribution in [3.05, 3.63) is 83.4 Å². The fourth-order valence-electron chi connectivity index (χ4n) is 2.62. The highest BCUT2D eigenvalue weighted by atomic mass is 35.5. The molecule has 0 aliphatic carbocycles. The average molecular weight is 431 g/mol. The summed E-state index contributed by atoms with van der Waals surface area (Å²) >= 11 is 5.85. The first kappa shape index (κ1) is 20.7. The van der Waals surface area contributed by atoms with Crippen LogP contribution in [0.2, 0.25) is 5.02 Å². The number of nitrogens with one attached hydrogen (secondary N) is 1. The molecule has 0 aliphatic heterocycles. The topological polar surface area (TPSA) is 75.7 Å². The molecule has 0 spiro atoms. The number of ether oxygens (including phenoxy) is 1. The van der Waals surface area contributed by atoms with Gasteiger partial charge in [-0.2, -0.15) is 0 Å². The molecule has 0 heterocycles. The molecule has 3 aromatic carbocycles. The molecule has 0 aromatic heterocycles. The van der Waals surface area contributed by atoms with E-state index in [0.29, 0.717) is 27.7 Å². The highest BCUT2D eigenvalue weighted by Crippen LogP contribution is 2.25. The van der Waals surface area contributed by atoms with Crippen molar-refractivity contribution in [3.63, 3.8) is 0 Å². The molecule has 8 heteroatoms. The molecular formula is C21H19ClN2O4S. The Balaban J connectivity index is 1.83. The van der Waals surface area contributed by atoms with Crippen molar-refractivity contribution in [2.24, 2.45) is 0 Å². The third kappa shape index (κ3) is 4.70. The summed E-state index contributed by atoms with van der Waals surface area (Å²) in [4.78, 5) is 12.7. The number of amides is 1. The average Bonchev–Trinajstić information content (AvgIpc) is 2.75. The van der Waals surface area contributed by atoms with E-state index in [2.05, 4.69) is 5.32 Å². The maximum Gasteiger partial charge on any atom is 0.264 e. The first-order chi connectivity index (χ1) is 13.8. The fourth-order valence-corrected chi connectivity index (χ4v) is 3.94. The van der Waals surface area contributed by atoms with Gasteiger partial charge in [0.15, 0.2) is 0 Å². The lowest BCUT2D eigenvalue weighted by Crippen LogP contribution is -2.26. The van der Waals surface area contributed by atoms with Gasteiger partial charge in [0.05, 0.1) is 17.7 Å². The molecule has 3 rings (SSSR count). The number of sulfonamides is 1. The van der Waals surface area contributed by atoms with Crippen molar-refractivity contribution >= 4 is 38.9 Å². The molecule has 6 nitrogen and oxygen atoms in total. The number of carbonyl (C=O) groups is 1. The van der Waals surface area contributed by atoms with Crippen molar-refractivity contribution < 1.29 is 17.9 Å². The monoisotopic (exact) mass is 430 g/mol. The Kier molecular flexibility index (Phi) is 6.10. The van der Waals surface area contributed by atoms with Crippen LogP contribution in [0.25, 0.3) is 0 Å². The van der Waals surface area contributed by atoms with E-state index in [1.807, 2.05) is 0 Å². The van der Waals surface area contributed by atoms with E-state index >= 15 is 0 Å². The Labute approximate surface area is 174 Å². The van der Waals surface area contributed by atoms with Crippen molar-refractivity contribution in [3.8, 4) is 5.75 Å². The molecule has 0 bridgehead atoms. The molecule has 0 radical (unpaired) electrons. The van der Waals surface area contributed by atoms with Crippen LogP contribution in [0.5, 0.6) is 5.75 Å². The summed E-state index contributed by atoms with van der Waals surface area (Å²) in [5.74, 6) is 0.205. The molecule has 0 saturated carbocycles. The number of nitrogens with zero attached hydrogens (tertiary/aromatic N) is 1. The first-order valence-electron chi connectivity index (χ1n) is 8.61. The lowest BCUT2D eigenvalue weighted by Gasteiger charge is -2.20. The minimum atomic E-state index is -3.79. The second kappa shape index (κ2) is 8.55. The van der Waals surface area contributed by atoms with Gasteiger partial charge in [-0.05, 0) is 66.7 Å². The van der Waals surface area contributed by atoms with Crippen LogP contribution in [-0.2, 0) is 10.0 Å². The summed E-state index contributed by atoms with van der Waals surface area (Å²) in [5.41, 5.74) is 1.28. The van der Waals surface area contributed by atoms with Gasteiger partial charge < -0.3 is 10.1 Å². The van der Waals surface area contributed by atoms with Crippen LogP contribution in [-0.4, -0.2) is 28.5 Å². The van der Waals surface area contributed by atoms with Gasteiger partial charge in [0.1, 0.15) is 5.75 Å². The van der Waals surface area contributed by atoms with E-state index in [1.165, 1.54) is 32.4 Å². The minimum Gasteiger partial charge on any atom is -0.497 e. The SMILES string of the molecule is COc1ccc(S(=O)(=O)N(C)c2cccc(C(=O)Nc3ccc(Cl)cc3)c2)cc1. The molecule has 3 aromatic rings. The lowest BCUT2D eigenvalue weighted by molar-refractivity contribution is 0.102. The van der Waals surface area contributed by atoms with Crippen LogP contribution in [0.4, 0.5) is 11.4 Å². The van der Waals surface area contributed by atoms with E-state index < -0.39 is 10.0 Å². The Bertz CT molecular complexity index is 1110. The Morgan fingerprint density at radius 2 is 1.66 bits per heavy atom. The smallest absolute Gasteiger partial charge is 0.264 e. The van der Waals surface area contributed by atoms with Crippen LogP contribution in [0.15, 0.2) is 77.7 Å². The van der Waals surface area contributed by atoms with Crippen LogP contribution in [0.3, 0.4) is 0 Å². The number of hydrogen-bond donors (Lipinski definition) is 1. The Morgan fingerprint density at radius 1 is 1.00 bits per heavy atom. The van der Waals surface area contributed by atoms with Gasteiger partial charge in [0.2, 0.25) is 0 Å². The van der Waals surface area contributed by atoms with Gasteiger partial charge in [-0.25, -0.2) is 8.42 Å². The molecule has 0 unspecified atom stereocenters. The van der Waals surface area contributed by atoms with Gasteiger partial charge in [-0.15, -0.1) is 0 Å². The van der Waals surface area contributed by atoms with Crippen LogP contribution < -0.4 is 14.4 Å². The molecule has 1 N–H and O–H groups in total. The van der Waals surface area contributed by atoms with Crippen molar-refractivity contribution in [2.75, 3.05) is 23.8 Å². The van der Waals surface area contributed by atoms with Crippen molar-refractivity contribution in [1.82, 2.24) is 0 Å². The number of hydrogen-bond acceptors (Lipinski definition) is 4. The maximum absolute atomic E-state index is 12.9. The highest BCUT2D eigenvalue weighted by Gasteiger charge is 2.22. The van der Waals surface area contributed by atoms with Crippen molar-refractivity contribution in [2.45, 2.75) is 4.90 Å². The van der Waals surface area contributed by atoms with Gasteiger partial charge in [-0.1, -0.05) is 17.7 Å². The first-order valence-corrected chi connectivity index (χ1v) is 10.4. The second-order valence-corrected chi connectivity index (χ2v) is 8.57. The van der Waals surface area contributed by atoms with Crippen LogP contribution in [0, 0.1) is 0 Å². The molecule has 0 aliphatic rings. The van der Waals surface area contributed by atoms with E-state index in [0.717, 1.165) is 4.31 Å². The molecule has 0 saturated heterocycles. The lowest BCUT2D eigenvalue weighted by atomic mass is 10.2. The third-order valence-corrected chi connectivity index (χ3v) is 6.34. The number of halogens is 1.